The third-order valence-electron chi connectivity index (χ3n) is 6.15. The lowest BCUT2D eigenvalue weighted by Gasteiger charge is -2.60. The smallest absolute Gasteiger partial charge is 0.223 e. The van der Waals surface area contributed by atoms with Gasteiger partial charge in [0, 0.05) is 23.8 Å². The van der Waals surface area contributed by atoms with Crippen molar-refractivity contribution in [3.63, 3.8) is 0 Å². The molecule has 1 aliphatic heterocycles. The molecule has 1 heterocycles. The van der Waals surface area contributed by atoms with E-state index >= 15 is 0 Å². The van der Waals surface area contributed by atoms with Crippen molar-refractivity contribution < 1.29 is 9.90 Å². The normalized spacial score (nSPS) is 49.9. The van der Waals surface area contributed by atoms with Crippen molar-refractivity contribution in [2.75, 3.05) is 13.1 Å². The molecule has 0 aromatic rings. The van der Waals surface area contributed by atoms with Crippen LogP contribution in [0.5, 0.6) is 0 Å². The topological polar surface area (TPSA) is 40.5 Å². The minimum atomic E-state index is -0.294. The molecule has 5 fully saturated rings. The van der Waals surface area contributed by atoms with Crippen LogP contribution in [0.1, 0.15) is 51.4 Å². The number of halogens is 1. The number of likely N-dealkylation sites (tertiary alicyclic amines) is 1. The van der Waals surface area contributed by atoms with Gasteiger partial charge in [-0.05, 0) is 62.2 Å². The van der Waals surface area contributed by atoms with Crippen LogP contribution in [0.3, 0.4) is 0 Å². The van der Waals surface area contributed by atoms with E-state index in [-0.39, 0.29) is 11.5 Å². The van der Waals surface area contributed by atoms with E-state index in [4.69, 9.17) is 0 Å². The van der Waals surface area contributed by atoms with E-state index in [0.29, 0.717) is 16.8 Å². The number of hydrogen-bond donors (Lipinski definition) is 1. The molecule has 4 heteroatoms. The van der Waals surface area contributed by atoms with Crippen LogP contribution >= 0.6 is 15.9 Å². The molecule has 0 spiro atoms. The Hall–Kier alpha value is -0.0900. The van der Waals surface area contributed by atoms with Gasteiger partial charge in [-0.3, -0.25) is 4.79 Å². The lowest BCUT2D eigenvalue weighted by molar-refractivity contribution is -0.137. The lowest BCUT2D eigenvalue weighted by Crippen LogP contribution is -2.54. The van der Waals surface area contributed by atoms with Crippen LogP contribution in [-0.2, 0) is 4.79 Å². The lowest BCUT2D eigenvalue weighted by atomic mass is 9.48. The van der Waals surface area contributed by atoms with E-state index in [1.165, 1.54) is 38.5 Å². The second-order valence-corrected chi connectivity index (χ2v) is 9.75. The Morgan fingerprint density at radius 2 is 1.95 bits per heavy atom. The average molecular weight is 342 g/mol. The maximum atomic E-state index is 12.6. The van der Waals surface area contributed by atoms with Gasteiger partial charge in [0.2, 0.25) is 5.91 Å². The molecule has 0 radical (unpaired) electrons. The van der Waals surface area contributed by atoms with Crippen molar-refractivity contribution in [1.29, 1.82) is 0 Å². The number of hydrogen-bond acceptors (Lipinski definition) is 2. The first-order valence-electron chi connectivity index (χ1n) is 8.10. The first kappa shape index (κ1) is 13.6. The largest absolute Gasteiger partial charge is 0.391 e. The molecule has 20 heavy (non-hydrogen) atoms. The molecule has 0 aromatic carbocycles. The molecule has 5 aliphatic rings. The molecular weight excluding hydrogens is 318 g/mol. The minimum absolute atomic E-state index is 0.262. The van der Waals surface area contributed by atoms with Crippen molar-refractivity contribution in [3.8, 4) is 0 Å². The van der Waals surface area contributed by atoms with Gasteiger partial charge in [0.1, 0.15) is 0 Å². The number of β-amino-alcohol motifs (C(OH)–C–C–N with tert-alkyl or cyclic N) is 1. The number of alkyl halides is 1. The number of carbonyl (C=O) groups is 1. The molecular formula is C16H24BrNO2. The van der Waals surface area contributed by atoms with Gasteiger partial charge in [-0.15, -0.1) is 0 Å². The van der Waals surface area contributed by atoms with Crippen LogP contribution in [0.2, 0.25) is 0 Å². The Balaban J connectivity index is 1.49. The van der Waals surface area contributed by atoms with Crippen LogP contribution < -0.4 is 0 Å². The van der Waals surface area contributed by atoms with Crippen molar-refractivity contribution in [3.05, 3.63) is 0 Å². The van der Waals surface area contributed by atoms with E-state index in [2.05, 4.69) is 15.9 Å². The van der Waals surface area contributed by atoms with Gasteiger partial charge >= 0.3 is 0 Å². The van der Waals surface area contributed by atoms with Crippen LogP contribution in [0.4, 0.5) is 0 Å². The van der Waals surface area contributed by atoms with E-state index in [0.717, 1.165) is 31.2 Å². The van der Waals surface area contributed by atoms with Gasteiger partial charge < -0.3 is 10.0 Å². The van der Waals surface area contributed by atoms with E-state index < -0.39 is 0 Å². The Morgan fingerprint density at radius 1 is 1.25 bits per heavy atom. The van der Waals surface area contributed by atoms with Crippen molar-refractivity contribution in [2.45, 2.75) is 61.8 Å². The molecule has 4 saturated carbocycles. The highest BCUT2D eigenvalue weighted by molar-refractivity contribution is 9.10. The van der Waals surface area contributed by atoms with Crippen LogP contribution in [0.15, 0.2) is 0 Å². The number of aliphatic hydroxyl groups is 1. The maximum Gasteiger partial charge on any atom is 0.223 e. The summed E-state index contributed by atoms with van der Waals surface area (Å²) in [5, 5.41) is 9.62. The fourth-order valence-electron chi connectivity index (χ4n) is 5.94. The molecule has 0 aromatic heterocycles. The quantitative estimate of drug-likeness (QED) is 0.784. The van der Waals surface area contributed by atoms with Gasteiger partial charge in [-0.2, -0.15) is 0 Å². The predicted molar refractivity (Wildman–Crippen MR) is 80.6 cm³/mol. The fourth-order valence-corrected chi connectivity index (χ4v) is 7.45. The minimum Gasteiger partial charge on any atom is -0.391 e. The molecule has 1 saturated heterocycles. The Labute approximate surface area is 129 Å². The van der Waals surface area contributed by atoms with Crippen LogP contribution in [0.25, 0.3) is 0 Å². The zero-order valence-electron chi connectivity index (χ0n) is 12.0. The zero-order chi connectivity index (χ0) is 14.0. The Kier molecular flexibility index (Phi) is 3.02. The van der Waals surface area contributed by atoms with Gasteiger partial charge in [0.15, 0.2) is 0 Å². The first-order chi connectivity index (χ1) is 9.45. The van der Waals surface area contributed by atoms with Crippen LogP contribution in [0, 0.1) is 17.3 Å². The number of aliphatic hydroxyl groups excluding tert-OH is 1. The Bertz CT molecular complexity index is 424. The Morgan fingerprint density at radius 3 is 2.50 bits per heavy atom. The summed E-state index contributed by atoms with van der Waals surface area (Å²) >= 11 is 4.01. The van der Waals surface area contributed by atoms with Crippen molar-refractivity contribution in [2.24, 2.45) is 17.3 Å². The number of amides is 1. The number of rotatable bonds is 2. The third kappa shape index (κ3) is 2.23. The highest BCUT2D eigenvalue weighted by Gasteiger charge is 2.57. The summed E-state index contributed by atoms with van der Waals surface area (Å²) in [6, 6.07) is 0. The van der Waals surface area contributed by atoms with Crippen LogP contribution in [-0.4, -0.2) is 39.4 Å². The summed E-state index contributed by atoms with van der Waals surface area (Å²) in [6.45, 7) is 1.31. The number of nitrogens with zero attached hydrogens (tertiary/aromatic N) is 1. The molecule has 3 nitrogen and oxygen atoms in total. The zero-order valence-corrected chi connectivity index (χ0v) is 13.6. The SMILES string of the molecule is O=C(CC12CC3CC(CC(Br)(C3)C1)C2)N1CC[C@@H](O)C1. The van der Waals surface area contributed by atoms with E-state index in [9.17, 15) is 9.90 Å². The van der Waals surface area contributed by atoms with E-state index in [1.54, 1.807) is 0 Å². The summed E-state index contributed by atoms with van der Waals surface area (Å²) in [4.78, 5) is 14.5. The van der Waals surface area contributed by atoms with Crippen molar-refractivity contribution >= 4 is 21.8 Å². The predicted octanol–water partition coefficient (Wildman–Crippen LogP) is 2.70. The summed E-state index contributed by atoms with van der Waals surface area (Å²) in [7, 11) is 0. The highest BCUT2D eigenvalue weighted by atomic mass is 79.9. The third-order valence-corrected chi connectivity index (χ3v) is 7.08. The molecule has 5 rings (SSSR count). The molecule has 1 amide bonds. The fraction of sp³-hybridized carbons (Fsp3) is 0.938. The summed E-state index contributed by atoms with van der Waals surface area (Å²) in [5.41, 5.74) is 0.262. The molecule has 3 atom stereocenters. The van der Waals surface area contributed by atoms with Gasteiger partial charge in [0.25, 0.3) is 0 Å². The monoisotopic (exact) mass is 341 g/mol. The first-order valence-corrected chi connectivity index (χ1v) is 8.89. The standard InChI is InChI=1S/C16H24BrNO2/c17-16-6-11-3-12(7-16)5-15(4-11,10-16)8-14(20)18-2-1-13(19)9-18/h11-13,19H,1-10H2/t11?,12?,13-,15?,16?/m1/s1. The second-order valence-electron chi connectivity index (χ2n) is 8.07. The van der Waals surface area contributed by atoms with E-state index in [1.807, 2.05) is 4.90 Å². The van der Waals surface area contributed by atoms with Gasteiger partial charge in [0.05, 0.1) is 6.10 Å². The maximum absolute atomic E-state index is 12.6. The molecule has 1 N–H and O–H groups in total. The average Bonchev–Trinajstić information content (AvgIpc) is 2.71. The van der Waals surface area contributed by atoms with Gasteiger partial charge in [-0.1, -0.05) is 15.9 Å². The van der Waals surface area contributed by atoms with Crippen molar-refractivity contribution in [1.82, 2.24) is 4.90 Å². The summed E-state index contributed by atoms with van der Waals surface area (Å²) < 4.78 is 0.335. The molecule has 112 valence electrons. The highest BCUT2D eigenvalue weighted by Crippen LogP contribution is 2.65. The number of carbonyl (C=O) groups excluding carboxylic acids is 1. The van der Waals surface area contributed by atoms with Gasteiger partial charge in [-0.25, -0.2) is 0 Å². The summed E-state index contributed by atoms with van der Waals surface area (Å²) in [6.07, 6.45) is 8.94. The molecule has 4 bridgehead atoms. The second kappa shape index (κ2) is 4.45. The molecule has 2 unspecified atom stereocenters. The summed E-state index contributed by atoms with van der Waals surface area (Å²) in [5.74, 6) is 1.97. The molecule has 4 aliphatic carbocycles.